The van der Waals surface area contributed by atoms with Gasteiger partial charge in [0.2, 0.25) is 11.7 Å². The minimum atomic E-state index is -1.12. The molecule has 0 radical (unpaired) electrons. The van der Waals surface area contributed by atoms with Crippen LogP contribution in [0.25, 0.3) is 0 Å². The molecule has 1 aromatic rings. The standard InChI is InChI=1S/C9H8FN3O4/c10-6-3-5(1-2-7(6)13(16)17)9(15)12-4-8(11)14/h1-3H,4H2,(H2,11,14)(H,12,15). The van der Waals surface area contributed by atoms with Crippen molar-refractivity contribution in [3.05, 3.63) is 39.7 Å². The Kier molecular flexibility index (Phi) is 3.70. The van der Waals surface area contributed by atoms with Crippen molar-refractivity contribution in [1.82, 2.24) is 5.32 Å². The van der Waals surface area contributed by atoms with E-state index in [-0.39, 0.29) is 5.56 Å². The maximum atomic E-state index is 13.1. The van der Waals surface area contributed by atoms with Crippen molar-refractivity contribution in [2.24, 2.45) is 5.73 Å². The molecule has 2 amide bonds. The molecule has 0 saturated heterocycles. The van der Waals surface area contributed by atoms with Crippen LogP contribution < -0.4 is 11.1 Å². The van der Waals surface area contributed by atoms with E-state index in [1.54, 1.807) is 0 Å². The van der Waals surface area contributed by atoms with E-state index in [4.69, 9.17) is 5.73 Å². The Balaban J connectivity index is 2.86. The van der Waals surface area contributed by atoms with Crippen LogP contribution in [0.1, 0.15) is 10.4 Å². The number of amides is 2. The number of halogens is 1. The fourth-order valence-corrected chi connectivity index (χ4v) is 1.07. The lowest BCUT2D eigenvalue weighted by atomic mass is 10.2. The SMILES string of the molecule is NC(=O)CNC(=O)c1ccc([N+](=O)[O-])c(F)c1. The Labute approximate surface area is 94.6 Å². The van der Waals surface area contributed by atoms with Gasteiger partial charge in [-0.1, -0.05) is 0 Å². The van der Waals surface area contributed by atoms with Crippen LogP contribution in [-0.4, -0.2) is 23.3 Å². The van der Waals surface area contributed by atoms with Gasteiger partial charge in [-0.25, -0.2) is 0 Å². The van der Waals surface area contributed by atoms with Gasteiger partial charge in [-0.05, 0) is 12.1 Å². The molecule has 3 N–H and O–H groups in total. The maximum absolute atomic E-state index is 13.1. The second-order valence-corrected chi connectivity index (χ2v) is 3.07. The molecular formula is C9H8FN3O4. The lowest BCUT2D eigenvalue weighted by Crippen LogP contribution is -2.33. The predicted molar refractivity (Wildman–Crippen MR) is 54.6 cm³/mol. The van der Waals surface area contributed by atoms with Crippen LogP contribution >= 0.6 is 0 Å². The van der Waals surface area contributed by atoms with Crippen molar-refractivity contribution in [3.8, 4) is 0 Å². The smallest absolute Gasteiger partial charge is 0.304 e. The third-order valence-corrected chi connectivity index (χ3v) is 1.83. The predicted octanol–water partition coefficient (Wildman–Crippen LogP) is -0.0510. The highest BCUT2D eigenvalue weighted by molar-refractivity contribution is 5.96. The number of nitrogens with zero attached hydrogens (tertiary/aromatic N) is 1. The molecule has 8 heteroatoms. The van der Waals surface area contributed by atoms with E-state index >= 15 is 0 Å². The Morgan fingerprint density at radius 2 is 2.12 bits per heavy atom. The highest BCUT2D eigenvalue weighted by Crippen LogP contribution is 2.17. The number of carbonyl (C=O) groups excluding carboxylic acids is 2. The van der Waals surface area contributed by atoms with Gasteiger partial charge in [-0.15, -0.1) is 0 Å². The van der Waals surface area contributed by atoms with E-state index in [0.29, 0.717) is 6.07 Å². The molecule has 0 aliphatic carbocycles. The number of benzene rings is 1. The lowest BCUT2D eigenvalue weighted by Gasteiger charge is -2.02. The van der Waals surface area contributed by atoms with Gasteiger partial charge in [-0.2, -0.15) is 4.39 Å². The van der Waals surface area contributed by atoms with Gasteiger partial charge in [0, 0.05) is 11.6 Å². The number of nitrogens with two attached hydrogens (primary N) is 1. The van der Waals surface area contributed by atoms with E-state index in [9.17, 15) is 24.1 Å². The van der Waals surface area contributed by atoms with Gasteiger partial charge in [0.05, 0.1) is 11.5 Å². The molecule has 17 heavy (non-hydrogen) atoms. The van der Waals surface area contributed by atoms with E-state index in [1.807, 2.05) is 0 Å². The highest BCUT2D eigenvalue weighted by atomic mass is 19.1. The topological polar surface area (TPSA) is 115 Å². The van der Waals surface area contributed by atoms with Crippen molar-refractivity contribution < 1.29 is 18.9 Å². The summed E-state index contributed by atoms with van der Waals surface area (Å²) in [6.45, 7) is -0.391. The quantitative estimate of drug-likeness (QED) is 0.567. The van der Waals surface area contributed by atoms with Gasteiger partial charge in [0.1, 0.15) is 0 Å². The summed E-state index contributed by atoms with van der Waals surface area (Å²) in [6.07, 6.45) is 0. The summed E-state index contributed by atoms with van der Waals surface area (Å²) in [7, 11) is 0. The average Bonchev–Trinajstić information content (AvgIpc) is 2.25. The fraction of sp³-hybridized carbons (Fsp3) is 0.111. The molecule has 1 aromatic carbocycles. The molecule has 1 rings (SSSR count). The first kappa shape index (κ1) is 12.6. The Bertz CT molecular complexity index is 489. The molecule has 0 fully saturated rings. The lowest BCUT2D eigenvalue weighted by molar-refractivity contribution is -0.387. The molecule has 0 bridgehead atoms. The second-order valence-electron chi connectivity index (χ2n) is 3.07. The third kappa shape index (κ3) is 3.23. The van der Waals surface area contributed by atoms with Crippen molar-refractivity contribution in [2.75, 3.05) is 6.54 Å². The molecule has 0 aliphatic heterocycles. The zero-order valence-corrected chi connectivity index (χ0v) is 8.47. The van der Waals surface area contributed by atoms with Crippen molar-refractivity contribution in [3.63, 3.8) is 0 Å². The molecule has 0 spiro atoms. The van der Waals surface area contributed by atoms with Crippen LogP contribution in [0.15, 0.2) is 18.2 Å². The van der Waals surface area contributed by atoms with Gasteiger partial charge >= 0.3 is 5.69 Å². The summed E-state index contributed by atoms with van der Waals surface area (Å²) in [4.78, 5) is 31.1. The van der Waals surface area contributed by atoms with Crippen molar-refractivity contribution >= 4 is 17.5 Å². The minimum Gasteiger partial charge on any atom is -0.368 e. The minimum absolute atomic E-state index is 0.130. The first-order valence-electron chi connectivity index (χ1n) is 4.42. The number of nitro benzene ring substituents is 1. The monoisotopic (exact) mass is 241 g/mol. The summed E-state index contributed by atoms with van der Waals surface area (Å²) in [6, 6.07) is 2.67. The van der Waals surface area contributed by atoms with Crippen molar-refractivity contribution in [1.29, 1.82) is 0 Å². The Morgan fingerprint density at radius 3 is 2.59 bits per heavy atom. The summed E-state index contributed by atoms with van der Waals surface area (Å²) < 4.78 is 13.1. The van der Waals surface area contributed by atoms with E-state index in [0.717, 1.165) is 12.1 Å². The molecule has 0 heterocycles. The normalized spacial score (nSPS) is 9.71. The zero-order chi connectivity index (χ0) is 13.0. The number of hydrogen-bond donors (Lipinski definition) is 2. The Morgan fingerprint density at radius 1 is 1.47 bits per heavy atom. The molecule has 0 unspecified atom stereocenters. The fourth-order valence-electron chi connectivity index (χ4n) is 1.07. The second kappa shape index (κ2) is 5.01. The average molecular weight is 241 g/mol. The number of carbonyl (C=O) groups is 2. The largest absolute Gasteiger partial charge is 0.368 e. The van der Waals surface area contributed by atoms with Crippen LogP contribution in [0, 0.1) is 15.9 Å². The maximum Gasteiger partial charge on any atom is 0.304 e. The van der Waals surface area contributed by atoms with E-state index in [2.05, 4.69) is 5.32 Å². The summed E-state index contributed by atoms with van der Waals surface area (Å²) in [5, 5.41) is 12.4. The first-order valence-corrected chi connectivity index (χ1v) is 4.42. The molecule has 0 saturated carbocycles. The number of hydrogen-bond acceptors (Lipinski definition) is 4. The van der Waals surface area contributed by atoms with Crippen LogP contribution in [0.5, 0.6) is 0 Å². The third-order valence-electron chi connectivity index (χ3n) is 1.83. The molecule has 0 aromatic heterocycles. The van der Waals surface area contributed by atoms with Crippen LogP contribution in [0.4, 0.5) is 10.1 Å². The highest BCUT2D eigenvalue weighted by Gasteiger charge is 2.16. The van der Waals surface area contributed by atoms with Crippen LogP contribution in [0.2, 0.25) is 0 Å². The van der Waals surface area contributed by atoms with E-state index < -0.39 is 34.8 Å². The number of primary amides is 1. The molecule has 90 valence electrons. The summed E-state index contributed by atoms with van der Waals surface area (Å²) >= 11 is 0. The summed E-state index contributed by atoms with van der Waals surface area (Å²) in [5.74, 6) is -2.61. The van der Waals surface area contributed by atoms with E-state index in [1.165, 1.54) is 0 Å². The molecule has 7 nitrogen and oxygen atoms in total. The molecule has 0 atom stereocenters. The van der Waals surface area contributed by atoms with Crippen LogP contribution in [-0.2, 0) is 4.79 Å². The van der Waals surface area contributed by atoms with Gasteiger partial charge in [0.15, 0.2) is 0 Å². The van der Waals surface area contributed by atoms with Gasteiger partial charge in [0.25, 0.3) is 5.91 Å². The number of nitrogens with one attached hydrogen (secondary N) is 1. The van der Waals surface area contributed by atoms with Crippen LogP contribution in [0.3, 0.4) is 0 Å². The zero-order valence-electron chi connectivity index (χ0n) is 8.47. The number of nitro groups is 1. The molecular weight excluding hydrogens is 233 g/mol. The van der Waals surface area contributed by atoms with Crippen molar-refractivity contribution in [2.45, 2.75) is 0 Å². The molecule has 0 aliphatic rings. The summed E-state index contributed by atoms with van der Waals surface area (Å²) in [5.41, 5.74) is 3.94. The number of rotatable bonds is 4. The van der Waals surface area contributed by atoms with Gasteiger partial charge in [-0.3, -0.25) is 19.7 Å². The Hall–Kier alpha value is -2.51. The first-order chi connectivity index (χ1) is 7.91. The van der Waals surface area contributed by atoms with Gasteiger partial charge < -0.3 is 11.1 Å².